The summed E-state index contributed by atoms with van der Waals surface area (Å²) in [5.41, 5.74) is 7.51. The molecule has 1 aromatic carbocycles. The Morgan fingerprint density at radius 2 is 1.72 bits per heavy atom. The largest absolute Gasteiger partial charge is 0.396 e. The van der Waals surface area contributed by atoms with Gasteiger partial charge in [0, 0.05) is 6.54 Å². The van der Waals surface area contributed by atoms with Crippen LogP contribution in [0.25, 0.3) is 0 Å². The van der Waals surface area contributed by atoms with Gasteiger partial charge in [0.2, 0.25) is 0 Å². The Morgan fingerprint density at radius 1 is 1.22 bits per heavy atom. The summed E-state index contributed by atoms with van der Waals surface area (Å²) in [6.07, 6.45) is 0. The molecular formula is C14H22Cl2N2. The molecular weight excluding hydrogens is 267 g/mol. The number of anilines is 1. The smallest absolute Gasteiger partial charge is 0.0693 e. The predicted molar refractivity (Wildman–Crippen MR) is 81.2 cm³/mol. The van der Waals surface area contributed by atoms with Crippen LogP contribution >= 0.6 is 23.2 Å². The molecule has 0 fully saturated rings. The Balaban J connectivity index is 2.55. The van der Waals surface area contributed by atoms with Crippen LogP contribution < -0.4 is 11.1 Å². The van der Waals surface area contributed by atoms with Crippen molar-refractivity contribution in [2.24, 2.45) is 11.3 Å². The molecule has 0 radical (unpaired) electrons. The lowest BCUT2D eigenvalue weighted by molar-refractivity contribution is 0.252. The second kappa shape index (κ2) is 6.14. The summed E-state index contributed by atoms with van der Waals surface area (Å²) in [7, 11) is 0. The van der Waals surface area contributed by atoms with Crippen LogP contribution in [0.5, 0.6) is 0 Å². The second-order valence-electron chi connectivity index (χ2n) is 5.87. The van der Waals surface area contributed by atoms with E-state index in [0.717, 1.165) is 18.7 Å². The van der Waals surface area contributed by atoms with E-state index in [1.54, 1.807) is 0 Å². The Hall–Kier alpha value is -0.440. The minimum Gasteiger partial charge on any atom is -0.396 e. The van der Waals surface area contributed by atoms with Crippen molar-refractivity contribution in [1.29, 1.82) is 0 Å². The van der Waals surface area contributed by atoms with Crippen molar-refractivity contribution in [2.75, 3.05) is 12.3 Å². The van der Waals surface area contributed by atoms with Gasteiger partial charge in [0.25, 0.3) is 0 Å². The number of nitrogens with two attached hydrogens (primary N) is 1. The first-order chi connectivity index (χ1) is 8.21. The van der Waals surface area contributed by atoms with Crippen molar-refractivity contribution in [3.05, 3.63) is 27.7 Å². The van der Waals surface area contributed by atoms with Crippen molar-refractivity contribution >= 4 is 28.9 Å². The van der Waals surface area contributed by atoms with Crippen LogP contribution in [-0.4, -0.2) is 6.54 Å². The normalized spacial score (nSPS) is 13.7. The highest BCUT2D eigenvalue weighted by molar-refractivity contribution is 6.38. The monoisotopic (exact) mass is 288 g/mol. The summed E-state index contributed by atoms with van der Waals surface area (Å²) < 4.78 is 0. The van der Waals surface area contributed by atoms with Crippen molar-refractivity contribution in [3.63, 3.8) is 0 Å². The zero-order valence-corrected chi connectivity index (χ0v) is 13.0. The van der Waals surface area contributed by atoms with Crippen molar-refractivity contribution in [3.8, 4) is 0 Å². The maximum Gasteiger partial charge on any atom is 0.0693 e. The molecule has 2 nitrogen and oxygen atoms in total. The van der Waals surface area contributed by atoms with E-state index in [1.807, 2.05) is 12.1 Å². The van der Waals surface area contributed by atoms with E-state index in [4.69, 9.17) is 28.9 Å². The molecule has 0 saturated heterocycles. The fraction of sp³-hybridized carbons (Fsp3) is 0.571. The third kappa shape index (κ3) is 4.34. The minimum absolute atomic E-state index is 0.309. The van der Waals surface area contributed by atoms with Gasteiger partial charge in [-0.2, -0.15) is 0 Å². The van der Waals surface area contributed by atoms with Crippen LogP contribution in [0.15, 0.2) is 12.1 Å². The van der Waals surface area contributed by atoms with Crippen molar-refractivity contribution in [2.45, 2.75) is 34.2 Å². The average molecular weight is 289 g/mol. The molecule has 0 heterocycles. The summed E-state index contributed by atoms with van der Waals surface area (Å²) in [6, 6.07) is 3.72. The van der Waals surface area contributed by atoms with E-state index in [9.17, 15) is 0 Å². The van der Waals surface area contributed by atoms with Gasteiger partial charge >= 0.3 is 0 Å². The maximum atomic E-state index is 6.00. The number of nitrogens with one attached hydrogen (secondary N) is 1. The van der Waals surface area contributed by atoms with E-state index in [1.165, 1.54) is 0 Å². The highest BCUT2D eigenvalue weighted by Gasteiger charge is 2.19. The minimum atomic E-state index is 0.309. The first kappa shape index (κ1) is 15.6. The summed E-state index contributed by atoms with van der Waals surface area (Å²) >= 11 is 12.0. The van der Waals surface area contributed by atoms with Crippen LogP contribution in [0.2, 0.25) is 10.0 Å². The number of nitrogen functional groups attached to an aromatic ring is 1. The van der Waals surface area contributed by atoms with Gasteiger partial charge in [-0.3, -0.25) is 0 Å². The summed E-state index contributed by atoms with van der Waals surface area (Å²) in [5, 5.41) is 4.46. The molecule has 18 heavy (non-hydrogen) atoms. The van der Waals surface area contributed by atoms with E-state index in [0.29, 0.717) is 27.1 Å². The molecule has 0 bridgehead atoms. The molecule has 0 aliphatic heterocycles. The van der Waals surface area contributed by atoms with Crippen LogP contribution in [0.4, 0.5) is 5.69 Å². The molecule has 102 valence electrons. The van der Waals surface area contributed by atoms with Crippen LogP contribution in [0, 0.1) is 11.3 Å². The molecule has 0 saturated carbocycles. The van der Waals surface area contributed by atoms with Gasteiger partial charge in [-0.15, -0.1) is 0 Å². The van der Waals surface area contributed by atoms with Crippen molar-refractivity contribution < 1.29 is 0 Å². The molecule has 0 amide bonds. The highest BCUT2D eigenvalue weighted by atomic mass is 35.5. The second-order valence-corrected chi connectivity index (χ2v) is 6.69. The molecule has 0 spiro atoms. The van der Waals surface area contributed by atoms with Gasteiger partial charge in [0.1, 0.15) is 0 Å². The standard InChI is InChI=1S/C14H22Cl2N2/c1-9(14(2,3)4)7-18-8-10-5-11(15)13(17)12(16)6-10/h5-6,9,18H,7-8,17H2,1-4H3. The quantitative estimate of drug-likeness (QED) is 0.809. The first-order valence-corrected chi connectivity index (χ1v) is 6.91. The molecule has 3 N–H and O–H groups in total. The average Bonchev–Trinajstić information content (AvgIpc) is 2.24. The third-order valence-corrected chi connectivity index (χ3v) is 4.02. The molecule has 0 aromatic heterocycles. The summed E-state index contributed by atoms with van der Waals surface area (Å²) in [4.78, 5) is 0. The van der Waals surface area contributed by atoms with Crippen LogP contribution in [0.1, 0.15) is 33.3 Å². The Bertz CT molecular complexity index is 388. The van der Waals surface area contributed by atoms with Crippen LogP contribution in [0.3, 0.4) is 0 Å². The lowest BCUT2D eigenvalue weighted by atomic mass is 9.82. The van der Waals surface area contributed by atoms with Gasteiger partial charge < -0.3 is 11.1 Å². The molecule has 1 atom stereocenters. The van der Waals surface area contributed by atoms with E-state index in [-0.39, 0.29) is 0 Å². The van der Waals surface area contributed by atoms with Gasteiger partial charge in [-0.05, 0) is 35.6 Å². The fourth-order valence-corrected chi connectivity index (χ4v) is 2.01. The lowest BCUT2D eigenvalue weighted by Gasteiger charge is -2.27. The Kier molecular flexibility index (Phi) is 5.32. The number of hydrogen-bond acceptors (Lipinski definition) is 2. The number of benzene rings is 1. The van der Waals surface area contributed by atoms with Gasteiger partial charge in [-0.1, -0.05) is 50.9 Å². The van der Waals surface area contributed by atoms with Gasteiger partial charge in [0.05, 0.1) is 15.7 Å². The van der Waals surface area contributed by atoms with Crippen LogP contribution in [-0.2, 0) is 6.54 Å². The predicted octanol–water partition coefficient (Wildman–Crippen LogP) is 4.35. The SMILES string of the molecule is CC(CNCc1cc(Cl)c(N)c(Cl)c1)C(C)(C)C. The van der Waals surface area contributed by atoms with E-state index in [2.05, 4.69) is 33.0 Å². The zero-order chi connectivity index (χ0) is 13.9. The van der Waals surface area contributed by atoms with E-state index < -0.39 is 0 Å². The zero-order valence-electron chi connectivity index (χ0n) is 11.5. The summed E-state index contributed by atoms with van der Waals surface area (Å²) in [5.74, 6) is 0.595. The van der Waals surface area contributed by atoms with Gasteiger partial charge in [-0.25, -0.2) is 0 Å². The highest BCUT2D eigenvalue weighted by Crippen LogP contribution is 2.29. The third-order valence-electron chi connectivity index (χ3n) is 3.40. The topological polar surface area (TPSA) is 38.0 Å². The molecule has 1 aromatic rings. The van der Waals surface area contributed by atoms with E-state index >= 15 is 0 Å². The molecule has 0 aliphatic rings. The lowest BCUT2D eigenvalue weighted by Crippen LogP contribution is -2.29. The number of halogens is 2. The summed E-state index contributed by atoms with van der Waals surface area (Å²) in [6.45, 7) is 10.7. The molecule has 1 rings (SSSR count). The number of hydrogen-bond donors (Lipinski definition) is 2. The first-order valence-electron chi connectivity index (χ1n) is 6.16. The maximum absolute atomic E-state index is 6.00. The Morgan fingerprint density at radius 3 is 2.17 bits per heavy atom. The fourth-order valence-electron chi connectivity index (χ4n) is 1.48. The number of rotatable bonds is 4. The molecule has 0 aliphatic carbocycles. The van der Waals surface area contributed by atoms with Gasteiger partial charge in [0.15, 0.2) is 0 Å². The Labute approximate surface area is 120 Å². The molecule has 1 unspecified atom stereocenters. The molecule has 4 heteroatoms. The van der Waals surface area contributed by atoms with Crippen molar-refractivity contribution in [1.82, 2.24) is 5.32 Å².